The van der Waals surface area contributed by atoms with Crippen LogP contribution in [0.15, 0.2) is 22.7 Å². The molecule has 0 heterocycles. The van der Waals surface area contributed by atoms with Crippen molar-refractivity contribution < 1.29 is 4.39 Å². The maximum atomic E-state index is 13.9. The highest BCUT2D eigenvalue weighted by molar-refractivity contribution is 9.10. The average molecular weight is 314 g/mol. The van der Waals surface area contributed by atoms with Crippen LogP contribution in [0.3, 0.4) is 0 Å². The molecule has 1 aliphatic rings. The van der Waals surface area contributed by atoms with Crippen molar-refractivity contribution in [3.8, 4) is 0 Å². The Balaban J connectivity index is 2.00. The zero-order valence-electron chi connectivity index (χ0n) is 11.3. The zero-order chi connectivity index (χ0) is 13.3. The van der Waals surface area contributed by atoms with Gasteiger partial charge in [0.05, 0.1) is 0 Å². The van der Waals surface area contributed by atoms with Crippen molar-refractivity contribution in [3.63, 3.8) is 0 Å². The molecule has 2 atom stereocenters. The van der Waals surface area contributed by atoms with Crippen molar-refractivity contribution in [2.24, 2.45) is 11.8 Å². The van der Waals surface area contributed by atoms with Crippen molar-refractivity contribution in [1.82, 2.24) is 5.32 Å². The van der Waals surface area contributed by atoms with Gasteiger partial charge >= 0.3 is 0 Å². The van der Waals surface area contributed by atoms with Crippen LogP contribution < -0.4 is 5.32 Å². The van der Waals surface area contributed by atoms with Crippen molar-refractivity contribution in [1.29, 1.82) is 0 Å². The summed E-state index contributed by atoms with van der Waals surface area (Å²) in [4.78, 5) is 0. The molecular weight excluding hydrogens is 293 g/mol. The van der Waals surface area contributed by atoms with Gasteiger partial charge in [0.25, 0.3) is 0 Å². The van der Waals surface area contributed by atoms with Crippen LogP contribution in [0.1, 0.15) is 32.8 Å². The molecule has 1 nitrogen and oxygen atoms in total. The lowest BCUT2D eigenvalue weighted by Crippen LogP contribution is -2.24. The van der Waals surface area contributed by atoms with Crippen LogP contribution in [0, 0.1) is 17.7 Å². The highest BCUT2D eigenvalue weighted by Gasteiger charge is 2.51. The Morgan fingerprint density at radius 1 is 1.50 bits per heavy atom. The minimum Gasteiger partial charge on any atom is -0.316 e. The second kappa shape index (κ2) is 5.30. The molecule has 0 radical (unpaired) electrons. The summed E-state index contributed by atoms with van der Waals surface area (Å²) in [5.74, 6) is 1.14. The lowest BCUT2D eigenvalue weighted by Gasteiger charge is -2.14. The number of halogens is 2. The molecule has 1 aromatic carbocycles. The summed E-state index contributed by atoms with van der Waals surface area (Å²) in [6.07, 6.45) is 1.07. The largest absolute Gasteiger partial charge is 0.316 e. The fourth-order valence-electron chi connectivity index (χ4n) is 2.56. The van der Waals surface area contributed by atoms with Gasteiger partial charge in [-0.3, -0.25) is 0 Å². The third-order valence-electron chi connectivity index (χ3n) is 3.90. The Morgan fingerprint density at radius 3 is 2.89 bits per heavy atom. The van der Waals surface area contributed by atoms with Gasteiger partial charge in [0, 0.05) is 4.47 Å². The van der Waals surface area contributed by atoms with Crippen LogP contribution in [0.2, 0.25) is 0 Å². The number of rotatable bonds is 5. The average Bonchev–Trinajstić information content (AvgIpc) is 2.94. The highest BCUT2D eigenvalue weighted by atomic mass is 79.9. The SMILES string of the molecule is CC(C)CNCC1CC1(C)c1cc(Br)ccc1F. The van der Waals surface area contributed by atoms with E-state index in [9.17, 15) is 4.39 Å². The minimum atomic E-state index is -0.0768. The Bertz CT molecular complexity index is 433. The van der Waals surface area contributed by atoms with E-state index in [1.165, 1.54) is 0 Å². The first-order chi connectivity index (χ1) is 8.43. The summed E-state index contributed by atoms with van der Waals surface area (Å²) in [6, 6.07) is 5.25. The lowest BCUT2D eigenvalue weighted by molar-refractivity contribution is 0.505. The van der Waals surface area contributed by atoms with Crippen LogP contribution in [0.25, 0.3) is 0 Å². The monoisotopic (exact) mass is 313 g/mol. The molecule has 1 saturated carbocycles. The van der Waals surface area contributed by atoms with Crippen molar-refractivity contribution in [3.05, 3.63) is 34.1 Å². The normalized spacial score (nSPS) is 26.7. The molecule has 100 valence electrons. The molecule has 0 amide bonds. The molecule has 1 N–H and O–H groups in total. The highest BCUT2D eigenvalue weighted by Crippen LogP contribution is 2.54. The van der Waals surface area contributed by atoms with Crippen LogP contribution in [-0.2, 0) is 5.41 Å². The standard InChI is InChI=1S/C15H21BrFN/c1-10(2)8-18-9-11-7-15(11,3)13-6-12(16)4-5-14(13)17/h4-6,10-11,18H,7-9H2,1-3H3. The molecule has 0 saturated heterocycles. The summed E-state index contributed by atoms with van der Waals surface area (Å²) < 4.78 is 14.8. The second-order valence-electron chi connectivity index (χ2n) is 5.99. The Hall–Kier alpha value is -0.410. The third kappa shape index (κ3) is 2.94. The molecule has 2 rings (SSSR count). The predicted molar refractivity (Wildman–Crippen MR) is 77.3 cm³/mol. The predicted octanol–water partition coefficient (Wildman–Crippen LogP) is 4.11. The molecule has 0 spiro atoms. The van der Waals surface area contributed by atoms with Crippen molar-refractivity contribution in [2.75, 3.05) is 13.1 Å². The quantitative estimate of drug-likeness (QED) is 0.862. The van der Waals surface area contributed by atoms with E-state index in [-0.39, 0.29) is 11.2 Å². The Kier molecular flexibility index (Phi) is 4.12. The maximum absolute atomic E-state index is 13.9. The first-order valence-corrected chi connectivity index (χ1v) is 7.39. The van der Waals surface area contributed by atoms with Gasteiger partial charge in [0.1, 0.15) is 5.82 Å². The maximum Gasteiger partial charge on any atom is 0.127 e. The van der Waals surface area contributed by atoms with E-state index >= 15 is 0 Å². The van der Waals surface area contributed by atoms with Crippen LogP contribution in [0.5, 0.6) is 0 Å². The van der Waals surface area contributed by atoms with Gasteiger partial charge in [-0.2, -0.15) is 0 Å². The summed E-state index contributed by atoms with van der Waals surface area (Å²) in [5, 5.41) is 3.47. The molecule has 0 bridgehead atoms. The third-order valence-corrected chi connectivity index (χ3v) is 4.39. The second-order valence-corrected chi connectivity index (χ2v) is 6.91. The number of hydrogen-bond acceptors (Lipinski definition) is 1. The van der Waals surface area contributed by atoms with Crippen LogP contribution >= 0.6 is 15.9 Å². The van der Waals surface area contributed by atoms with Crippen LogP contribution in [0.4, 0.5) is 4.39 Å². The van der Waals surface area contributed by atoms with E-state index in [1.807, 2.05) is 6.07 Å². The Morgan fingerprint density at radius 2 is 2.22 bits per heavy atom. The lowest BCUT2D eigenvalue weighted by atomic mass is 9.95. The summed E-state index contributed by atoms with van der Waals surface area (Å²) in [5.41, 5.74) is 0.867. The number of nitrogens with one attached hydrogen (secondary N) is 1. The van der Waals surface area contributed by atoms with E-state index in [0.717, 1.165) is 29.5 Å². The molecule has 1 aliphatic carbocycles. The minimum absolute atomic E-state index is 0.0117. The fraction of sp³-hybridized carbons (Fsp3) is 0.600. The fourth-order valence-corrected chi connectivity index (χ4v) is 2.92. The summed E-state index contributed by atoms with van der Waals surface area (Å²) in [6.45, 7) is 8.59. The first-order valence-electron chi connectivity index (χ1n) is 6.59. The van der Waals surface area contributed by atoms with Gasteiger partial charge in [0.15, 0.2) is 0 Å². The van der Waals surface area contributed by atoms with Gasteiger partial charge in [0.2, 0.25) is 0 Å². The topological polar surface area (TPSA) is 12.0 Å². The van der Waals surface area contributed by atoms with E-state index in [0.29, 0.717) is 11.8 Å². The Labute approximate surface area is 117 Å². The summed E-state index contributed by atoms with van der Waals surface area (Å²) >= 11 is 3.43. The van der Waals surface area contributed by atoms with Crippen molar-refractivity contribution >= 4 is 15.9 Å². The van der Waals surface area contributed by atoms with Gasteiger partial charge in [-0.05, 0) is 60.5 Å². The number of benzene rings is 1. The van der Waals surface area contributed by atoms with Gasteiger partial charge < -0.3 is 5.32 Å². The summed E-state index contributed by atoms with van der Waals surface area (Å²) in [7, 11) is 0. The van der Waals surface area contributed by atoms with E-state index in [1.54, 1.807) is 12.1 Å². The molecular formula is C15H21BrFN. The first kappa shape index (κ1) is 14.0. The number of hydrogen-bond donors (Lipinski definition) is 1. The molecule has 0 aromatic heterocycles. The molecule has 0 aliphatic heterocycles. The smallest absolute Gasteiger partial charge is 0.127 e. The molecule has 18 heavy (non-hydrogen) atoms. The molecule has 2 unspecified atom stereocenters. The van der Waals surface area contributed by atoms with Gasteiger partial charge in [-0.15, -0.1) is 0 Å². The van der Waals surface area contributed by atoms with Crippen molar-refractivity contribution in [2.45, 2.75) is 32.6 Å². The van der Waals surface area contributed by atoms with E-state index in [2.05, 4.69) is 42.0 Å². The van der Waals surface area contributed by atoms with E-state index in [4.69, 9.17) is 0 Å². The van der Waals surface area contributed by atoms with Gasteiger partial charge in [-0.25, -0.2) is 4.39 Å². The zero-order valence-corrected chi connectivity index (χ0v) is 12.8. The molecule has 1 fully saturated rings. The van der Waals surface area contributed by atoms with Gasteiger partial charge in [-0.1, -0.05) is 36.7 Å². The molecule has 1 aromatic rings. The van der Waals surface area contributed by atoms with E-state index < -0.39 is 0 Å². The molecule has 3 heteroatoms. The van der Waals surface area contributed by atoms with Crippen LogP contribution in [-0.4, -0.2) is 13.1 Å².